The molecule has 0 fully saturated rings. The molecule has 81 valence electrons. The topological polar surface area (TPSA) is 0 Å². The molecule has 0 aromatic carbocycles. The van der Waals surface area contributed by atoms with E-state index in [2.05, 4.69) is 40.7 Å². The molecule has 1 rings (SSSR count). The molecule has 1 aliphatic carbocycles. The molecule has 0 aromatic heterocycles. The zero-order valence-electron chi connectivity index (χ0n) is 8.65. The molecule has 1 aliphatic rings. The van der Waals surface area contributed by atoms with E-state index in [9.17, 15) is 0 Å². The van der Waals surface area contributed by atoms with Crippen molar-refractivity contribution in [3.8, 4) is 0 Å². The van der Waals surface area contributed by atoms with Gasteiger partial charge in [0.25, 0.3) is 0 Å². The van der Waals surface area contributed by atoms with Crippen molar-refractivity contribution in [3.05, 3.63) is 22.8 Å². The molecule has 0 amide bonds. The van der Waals surface area contributed by atoms with Crippen molar-refractivity contribution in [2.24, 2.45) is 5.41 Å². The molecule has 0 N–H and O–H groups in total. The summed E-state index contributed by atoms with van der Waals surface area (Å²) in [6, 6.07) is 0. The predicted molar refractivity (Wildman–Crippen MR) is 65.2 cm³/mol. The van der Waals surface area contributed by atoms with Crippen molar-refractivity contribution >= 4 is 34.0 Å². The minimum absolute atomic E-state index is 0. The molecule has 0 aliphatic heterocycles. The SMILES string of the molecule is Br.Br.CC1=[C-]C(C)(C)C(C)=C1C.[Rh]. The van der Waals surface area contributed by atoms with E-state index in [1.54, 1.807) is 0 Å². The molecule has 3 heteroatoms. The summed E-state index contributed by atoms with van der Waals surface area (Å²) >= 11 is 0. The van der Waals surface area contributed by atoms with Crippen molar-refractivity contribution in [2.75, 3.05) is 0 Å². The van der Waals surface area contributed by atoms with E-state index in [0.717, 1.165) is 0 Å². The Kier molecular flexibility index (Phi) is 9.85. The summed E-state index contributed by atoms with van der Waals surface area (Å²) in [6.07, 6.45) is 3.44. The first-order chi connectivity index (χ1) is 4.45. The number of halogens is 2. The Labute approximate surface area is 116 Å². The summed E-state index contributed by atoms with van der Waals surface area (Å²) in [5, 5.41) is 0. The van der Waals surface area contributed by atoms with Gasteiger partial charge in [0.2, 0.25) is 0 Å². The van der Waals surface area contributed by atoms with E-state index in [-0.39, 0.29) is 58.9 Å². The summed E-state index contributed by atoms with van der Waals surface area (Å²) in [6.45, 7) is 10.9. The maximum Gasteiger partial charge on any atom is 0 e. The summed E-state index contributed by atoms with van der Waals surface area (Å²) < 4.78 is 0. The predicted octanol–water partition coefficient (Wildman–Crippen LogP) is 4.27. The third kappa shape index (κ3) is 3.97. The Morgan fingerprint density at radius 3 is 1.46 bits per heavy atom. The van der Waals surface area contributed by atoms with Crippen LogP contribution in [0.25, 0.3) is 0 Å². The van der Waals surface area contributed by atoms with E-state index < -0.39 is 0 Å². The second-order valence-corrected chi connectivity index (χ2v) is 3.62. The van der Waals surface area contributed by atoms with Gasteiger partial charge in [-0.3, -0.25) is 6.08 Å². The van der Waals surface area contributed by atoms with Gasteiger partial charge in [-0.1, -0.05) is 33.1 Å². The second kappa shape index (κ2) is 6.53. The fourth-order valence-corrected chi connectivity index (χ4v) is 1.41. The average Bonchev–Trinajstić information content (AvgIpc) is 1.95. The zero-order chi connectivity index (χ0) is 7.94. The van der Waals surface area contributed by atoms with Gasteiger partial charge in [0.15, 0.2) is 0 Å². The van der Waals surface area contributed by atoms with Crippen molar-refractivity contribution in [3.63, 3.8) is 0 Å². The number of rotatable bonds is 0. The Morgan fingerprint density at radius 2 is 1.38 bits per heavy atom. The van der Waals surface area contributed by atoms with E-state index in [0.29, 0.717) is 0 Å². The molecule has 0 spiro atoms. The van der Waals surface area contributed by atoms with E-state index in [4.69, 9.17) is 0 Å². The molecule has 0 heterocycles. The standard InChI is InChI=1S/C10H15.2BrH.Rh/c1-7-6-10(4,5)9(3)8(7)2;;;/h1-5H3;2*1H;/q-1;;;. The molecular weight excluding hydrogens is 383 g/mol. The van der Waals surface area contributed by atoms with E-state index >= 15 is 0 Å². The fraction of sp³-hybridized carbons (Fsp3) is 0.600. The van der Waals surface area contributed by atoms with Gasteiger partial charge in [0, 0.05) is 19.5 Å². The number of hydrogen-bond donors (Lipinski definition) is 0. The van der Waals surface area contributed by atoms with E-state index in [1.165, 1.54) is 16.7 Å². The van der Waals surface area contributed by atoms with Crippen LogP contribution in [-0.4, -0.2) is 0 Å². The monoisotopic (exact) mass is 398 g/mol. The van der Waals surface area contributed by atoms with Crippen LogP contribution in [0, 0.1) is 11.5 Å². The smallest absolute Gasteiger partial charge is 0 e. The minimum Gasteiger partial charge on any atom is -0.263 e. The van der Waals surface area contributed by atoms with Gasteiger partial charge in [-0.25, -0.2) is 5.57 Å². The van der Waals surface area contributed by atoms with Gasteiger partial charge in [-0.15, -0.1) is 40.9 Å². The van der Waals surface area contributed by atoms with Crippen molar-refractivity contribution in [1.29, 1.82) is 0 Å². The van der Waals surface area contributed by atoms with Crippen LogP contribution < -0.4 is 0 Å². The first-order valence-electron chi connectivity index (χ1n) is 3.75. The van der Waals surface area contributed by atoms with Gasteiger partial charge < -0.3 is 0 Å². The van der Waals surface area contributed by atoms with Crippen LogP contribution in [0.2, 0.25) is 0 Å². The summed E-state index contributed by atoms with van der Waals surface area (Å²) in [7, 11) is 0. The Bertz CT molecular complexity index is 227. The van der Waals surface area contributed by atoms with Crippen molar-refractivity contribution in [2.45, 2.75) is 34.6 Å². The normalized spacial score (nSPS) is 18.1. The molecule has 0 atom stereocenters. The Hall–Kier alpha value is 1.06. The van der Waals surface area contributed by atoms with Gasteiger partial charge in [-0.2, -0.15) is 11.1 Å². The minimum atomic E-state index is 0. The van der Waals surface area contributed by atoms with Gasteiger partial charge in [0.05, 0.1) is 0 Å². The van der Waals surface area contributed by atoms with Crippen molar-refractivity contribution in [1.82, 2.24) is 0 Å². The molecule has 1 radical (unpaired) electrons. The van der Waals surface area contributed by atoms with E-state index in [1.807, 2.05) is 0 Å². The van der Waals surface area contributed by atoms with Crippen LogP contribution >= 0.6 is 34.0 Å². The molecule has 0 aromatic rings. The third-order valence-electron chi connectivity index (χ3n) is 2.56. The first kappa shape index (κ1) is 19.6. The van der Waals surface area contributed by atoms with Gasteiger partial charge in [-0.05, 0) is 0 Å². The van der Waals surface area contributed by atoms with Crippen LogP contribution in [0.4, 0.5) is 0 Å². The molecule has 0 saturated carbocycles. The molecule has 0 bridgehead atoms. The average molecular weight is 400 g/mol. The maximum absolute atomic E-state index is 3.44. The third-order valence-corrected chi connectivity index (χ3v) is 2.56. The summed E-state index contributed by atoms with van der Waals surface area (Å²) in [4.78, 5) is 0. The number of allylic oxidation sites excluding steroid dienone is 4. The summed E-state index contributed by atoms with van der Waals surface area (Å²) in [5.41, 5.74) is 4.39. The fourth-order valence-electron chi connectivity index (χ4n) is 1.41. The maximum atomic E-state index is 3.44. The molecule has 0 saturated heterocycles. The molecule has 13 heavy (non-hydrogen) atoms. The van der Waals surface area contributed by atoms with Crippen LogP contribution in [-0.2, 0) is 19.5 Å². The molecule has 0 nitrogen and oxygen atoms in total. The largest absolute Gasteiger partial charge is 0.263 e. The van der Waals surface area contributed by atoms with Crippen LogP contribution in [0.5, 0.6) is 0 Å². The molecule has 0 unspecified atom stereocenters. The zero-order valence-corrected chi connectivity index (χ0v) is 13.7. The Morgan fingerprint density at radius 1 is 1.00 bits per heavy atom. The van der Waals surface area contributed by atoms with Crippen LogP contribution in [0.15, 0.2) is 16.7 Å². The van der Waals surface area contributed by atoms with Gasteiger partial charge >= 0.3 is 0 Å². The van der Waals surface area contributed by atoms with Crippen molar-refractivity contribution < 1.29 is 19.5 Å². The number of hydrogen-bond acceptors (Lipinski definition) is 0. The molecular formula is C10H17Br2Rh-. The summed E-state index contributed by atoms with van der Waals surface area (Å²) in [5.74, 6) is 0. The second-order valence-electron chi connectivity index (χ2n) is 3.62. The Balaban J connectivity index is -0.000000333. The quantitative estimate of drug-likeness (QED) is 0.421. The van der Waals surface area contributed by atoms with Crippen LogP contribution in [0.3, 0.4) is 0 Å². The first-order valence-corrected chi connectivity index (χ1v) is 3.75. The van der Waals surface area contributed by atoms with Gasteiger partial charge in [0.1, 0.15) is 0 Å². The van der Waals surface area contributed by atoms with Crippen LogP contribution in [0.1, 0.15) is 34.6 Å².